The molecule has 1 aromatic rings. The maximum Gasteiger partial charge on any atom is 0.115 e. The van der Waals surface area contributed by atoms with E-state index in [0.717, 1.165) is 24.9 Å². The van der Waals surface area contributed by atoms with Crippen LogP contribution in [0.25, 0.3) is 0 Å². The van der Waals surface area contributed by atoms with Gasteiger partial charge in [-0.3, -0.25) is 0 Å². The van der Waals surface area contributed by atoms with Crippen molar-refractivity contribution in [2.75, 3.05) is 6.54 Å². The summed E-state index contributed by atoms with van der Waals surface area (Å²) in [7, 11) is 0. The van der Waals surface area contributed by atoms with Gasteiger partial charge in [0.25, 0.3) is 0 Å². The second-order valence-corrected chi connectivity index (χ2v) is 3.72. The molecule has 0 amide bonds. The van der Waals surface area contributed by atoms with Crippen molar-refractivity contribution in [2.24, 2.45) is 0 Å². The third-order valence-corrected chi connectivity index (χ3v) is 2.64. The lowest BCUT2D eigenvalue weighted by molar-refractivity contribution is 0.154. The van der Waals surface area contributed by atoms with Crippen molar-refractivity contribution >= 4 is 0 Å². The summed E-state index contributed by atoms with van der Waals surface area (Å²) >= 11 is 0. The Bertz CT molecular complexity index is 272. The van der Waals surface area contributed by atoms with Crippen molar-refractivity contribution in [3.63, 3.8) is 0 Å². The number of aliphatic hydroxyl groups excluding tert-OH is 1. The first-order chi connectivity index (χ1) is 6.86. The first-order valence-corrected chi connectivity index (χ1v) is 5.02. The number of nitrogens with zero attached hydrogens (tertiary/aromatic N) is 2. The van der Waals surface area contributed by atoms with Crippen molar-refractivity contribution in [3.05, 3.63) is 24.3 Å². The van der Waals surface area contributed by atoms with Gasteiger partial charge in [-0.2, -0.15) is 0 Å². The highest BCUT2D eigenvalue weighted by molar-refractivity contribution is 5.07. The summed E-state index contributed by atoms with van der Waals surface area (Å²) in [6.45, 7) is 1.07. The molecule has 0 bridgehead atoms. The Morgan fingerprint density at radius 2 is 2.29 bits per heavy atom. The molecule has 76 valence electrons. The molecule has 0 spiro atoms. The van der Waals surface area contributed by atoms with Crippen LogP contribution in [0.2, 0.25) is 0 Å². The van der Waals surface area contributed by atoms with E-state index < -0.39 is 6.10 Å². The van der Waals surface area contributed by atoms with Crippen molar-refractivity contribution in [3.8, 4) is 0 Å². The number of rotatable bonds is 3. The van der Waals surface area contributed by atoms with Gasteiger partial charge in [0.2, 0.25) is 0 Å². The number of aromatic nitrogens is 2. The molecule has 1 saturated heterocycles. The van der Waals surface area contributed by atoms with Gasteiger partial charge in [-0.1, -0.05) is 0 Å². The van der Waals surface area contributed by atoms with E-state index in [-0.39, 0.29) is 0 Å². The van der Waals surface area contributed by atoms with E-state index in [1.165, 1.54) is 12.7 Å². The minimum absolute atomic E-state index is 0.438. The average Bonchev–Trinajstić information content (AvgIpc) is 2.72. The van der Waals surface area contributed by atoms with E-state index in [0.29, 0.717) is 6.04 Å². The van der Waals surface area contributed by atoms with Gasteiger partial charge in [0.15, 0.2) is 0 Å². The van der Waals surface area contributed by atoms with Crippen LogP contribution in [0.15, 0.2) is 18.7 Å². The van der Waals surface area contributed by atoms with E-state index >= 15 is 0 Å². The number of aliphatic hydroxyl groups is 1. The van der Waals surface area contributed by atoms with Crippen LogP contribution < -0.4 is 5.32 Å². The number of hydrogen-bond acceptors (Lipinski definition) is 4. The van der Waals surface area contributed by atoms with E-state index in [2.05, 4.69) is 15.3 Å². The zero-order chi connectivity index (χ0) is 9.80. The van der Waals surface area contributed by atoms with Crippen LogP contribution in [0.1, 0.15) is 30.9 Å². The van der Waals surface area contributed by atoms with Crippen LogP contribution in [0.3, 0.4) is 0 Å². The first kappa shape index (κ1) is 9.55. The fraction of sp³-hybridized carbons (Fsp3) is 0.600. The summed E-state index contributed by atoms with van der Waals surface area (Å²) in [5.74, 6) is 0. The van der Waals surface area contributed by atoms with E-state index in [1.807, 2.05) is 0 Å². The van der Waals surface area contributed by atoms with Gasteiger partial charge in [0.1, 0.15) is 6.33 Å². The van der Waals surface area contributed by atoms with E-state index in [4.69, 9.17) is 0 Å². The Balaban J connectivity index is 1.92. The summed E-state index contributed by atoms with van der Waals surface area (Å²) < 4.78 is 0. The highest BCUT2D eigenvalue weighted by atomic mass is 16.3. The Morgan fingerprint density at radius 1 is 1.50 bits per heavy atom. The van der Waals surface area contributed by atoms with E-state index in [9.17, 15) is 5.11 Å². The Kier molecular flexibility index (Phi) is 3.06. The highest BCUT2D eigenvalue weighted by Crippen LogP contribution is 2.20. The zero-order valence-corrected chi connectivity index (χ0v) is 8.06. The van der Waals surface area contributed by atoms with Crippen LogP contribution in [-0.2, 0) is 0 Å². The fourth-order valence-corrected chi connectivity index (χ4v) is 1.85. The lowest BCUT2D eigenvalue weighted by Crippen LogP contribution is -2.23. The molecule has 2 rings (SSSR count). The predicted octanol–water partition coefficient (Wildman–Crippen LogP) is 0.652. The van der Waals surface area contributed by atoms with Crippen molar-refractivity contribution in [2.45, 2.75) is 31.4 Å². The maximum atomic E-state index is 9.86. The zero-order valence-electron chi connectivity index (χ0n) is 8.06. The molecule has 1 fully saturated rings. The Morgan fingerprint density at radius 3 is 2.93 bits per heavy atom. The van der Waals surface area contributed by atoms with Gasteiger partial charge in [-0.25, -0.2) is 9.97 Å². The monoisotopic (exact) mass is 193 g/mol. The Labute approximate surface area is 83.4 Å². The summed E-state index contributed by atoms with van der Waals surface area (Å²) in [5.41, 5.74) is 0.807. The van der Waals surface area contributed by atoms with Crippen molar-refractivity contribution in [1.29, 1.82) is 0 Å². The molecule has 1 aliphatic heterocycles. The van der Waals surface area contributed by atoms with E-state index in [1.54, 1.807) is 12.4 Å². The number of hydrogen-bond donors (Lipinski definition) is 2. The third kappa shape index (κ3) is 2.27. The molecular formula is C10H15N3O. The molecule has 1 aliphatic rings. The molecular weight excluding hydrogens is 178 g/mol. The molecule has 4 nitrogen and oxygen atoms in total. The van der Waals surface area contributed by atoms with Crippen molar-refractivity contribution in [1.82, 2.24) is 15.3 Å². The molecule has 0 aromatic carbocycles. The number of nitrogens with one attached hydrogen (secondary N) is 1. The van der Waals surface area contributed by atoms with Crippen LogP contribution in [0.4, 0.5) is 0 Å². The summed E-state index contributed by atoms with van der Waals surface area (Å²) in [4.78, 5) is 7.78. The standard InChI is InChI=1S/C10H15N3O/c14-10(4-9-2-1-3-13-9)8-5-11-7-12-6-8/h5-7,9-10,13-14H,1-4H2. The van der Waals surface area contributed by atoms with Crippen LogP contribution in [0, 0.1) is 0 Å². The van der Waals surface area contributed by atoms with Gasteiger partial charge in [-0.05, 0) is 25.8 Å². The lowest BCUT2D eigenvalue weighted by atomic mass is 10.0. The fourth-order valence-electron chi connectivity index (χ4n) is 1.85. The molecule has 4 heteroatoms. The molecule has 2 heterocycles. The second kappa shape index (κ2) is 4.48. The lowest BCUT2D eigenvalue weighted by Gasteiger charge is -2.15. The SMILES string of the molecule is OC(CC1CCCN1)c1cncnc1. The summed E-state index contributed by atoms with van der Waals surface area (Å²) in [6.07, 6.45) is 7.51. The molecule has 0 aliphatic carbocycles. The van der Waals surface area contributed by atoms with Gasteiger partial charge >= 0.3 is 0 Å². The predicted molar refractivity (Wildman–Crippen MR) is 52.6 cm³/mol. The second-order valence-electron chi connectivity index (χ2n) is 3.72. The molecule has 0 saturated carbocycles. The molecule has 2 unspecified atom stereocenters. The molecule has 2 atom stereocenters. The van der Waals surface area contributed by atoms with Crippen LogP contribution in [0.5, 0.6) is 0 Å². The maximum absolute atomic E-state index is 9.86. The molecule has 0 radical (unpaired) electrons. The smallest absolute Gasteiger partial charge is 0.115 e. The third-order valence-electron chi connectivity index (χ3n) is 2.64. The van der Waals surface area contributed by atoms with Gasteiger partial charge in [0.05, 0.1) is 6.10 Å². The summed E-state index contributed by atoms with van der Waals surface area (Å²) in [5, 5.41) is 13.2. The first-order valence-electron chi connectivity index (χ1n) is 5.02. The summed E-state index contributed by atoms with van der Waals surface area (Å²) in [6, 6.07) is 0.449. The largest absolute Gasteiger partial charge is 0.388 e. The quantitative estimate of drug-likeness (QED) is 0.740. The molecule has 14 heavy (non-hydrogen) atoms. The van der Waals surface area contributed by atoms with Crippen LogP contribution >= 0.6 is 0 Å². The Hall–Kier alpha value is -1.00. The van der Waals surface area contributed by atoms with Gasteiger partial charge in [0, 0.05) is 24.0 Å². The minimum atomic E-state index is -0.438. The van der Waals surface area contributed by atoms with Gasteiger partial charge < -0.3 is 10.4 Å². The van der Waals surface area contributed by atoms with Gasteiger partial charge in [-0.15, -0.1) is 0 Å². The molecule has 1 aromatic heterocycles. The van der Waals surface area contributed by atoms with Crippen molar-refractivity contribution < 1.29 is 5.11 Å². The normalized spacial score (nSPS) is 23.6. The highest BCUT2D eigenvalue weighted by Gasteiger charge is 2.19. The topological polar surface area (TPSA) is 58.0 Å². The van der Waals surface area contributed by atoms with Crippen LogP contribution in [-0.4, -0.2) is 27.7 Å². The molecule has 2 N–H and O–H groups in total. The minimum Gasteiger partial charge on any atom is -0.388 e. The average molecular weight is 193 g/mol.